The number of nitrogens with zero attached hydrogens (tertiary/aromatic N) is 3. The number of aryl methyl sites for hydroxylation is 1. The molecule has 0 radical (unpaired) electrons. The largest absolute Gasteiger partial charge is 0.496 e. The van der Waals surface area contributed by atoms with E-state index in [2.05, 4.69) is 9.97 Å². The van der Waals surface area contributed by atoms with Crippen molar-refractivity contribution in [3.05, 3.63) is 64.9 Å². The Morgan fingerprint density at radius 1 is 1.15 bits per heavy atom. The molecule has 3 aromatic rings. The van der Waals surface area contributed by atoms with Gasteiger partial charge in [-0.15, -0.1) is 11.3 Å². The van der Waals surface area contributed by atoms with Crippen molar-refractivity contribution >= 4 is 26.5 Å². The number of benzene rings is 1. The van der Waals surface area contributed by atoms with Crippen LogP contribution in [0.3, 0.4) is 0 Å². The number of anilines is 1. The fraction of sp³-hybridized carbons (Fsp3) is 0.222. The quantitative estimate of drug-likeness (QED) is 0.645. The Balaban J connectivity index is 2.08. The normalized spacial score (nSPS) is 11.3. The van der Waals surface area contributed by atoms with Crippen LogP contribution in [-0.4, -0.2) is 25.5 Å². The molecule has 0 saturated carbocycles. The second kappa shape index (κ2) is 7.43. The van der Waals surface area contributed by atoms with Crippen molar-refractivity contribution in [3.8, 4) is 5.75 Å². The van der Waals surface area contributed by atoms with Crippen LogP contribution in [0.2, 0.25) is 0 Å². The minimum Gasteiger partial charge on any atom is -0.496 e. The van der Waals surface area contributed by atoms with Gasteiger partial charge in [-0.2, -0.15) is 0 Å². The lowest BCUT2D eigenvalue weighted by atomic mass is 10.1. The lowest BCUT2D eigenvalue weighted by Gasteiger charge is -2.23. The Morgan fingerprint density at radius 3 is 2.50 bits per heavy atom. The van der Waals surface area contributed by atoms with E-state index in [4.69, 9.17) is 4.74 Å². The van der Waals surface area contributed by atoms with Crippen molar-refractivity contribution in [2.75, 3.05) is 11.4 Å². The van der Waals surface area contributed by atoms with Crippen molar-refractivity contribution in [3.63, 3.8) is 0 Å². The van der Waals surface area contributed by atoms with E-state index in [1.165, 1.54) is 15.6 Å². The van der Waals surface area contributed by atoms with E-state index in [0.29, 0.717) is 16.6 Å². The lowest BCUT2D eigenvalue weighted by molar-refractivity contribution is 0.407. The Bertz CT molecular complexity index is 988. The summed E-state index contributed by atoms with van der Waals surface area (Å²) in [6.45, 7) is 3.86. The second-order valence-electron chi connectivity index (χ2n) is 5.69. The van der Waals surface area contributed by atoms with Crippen molar-refractivity contribution in [2.45, 2.75) is 25.3 Å². The van der Waals surface area contributed by atoms with Crippen LogP contribution < -0.4 is 9.04 Å². The highest BCUT2D eigenvalue weighted by Crippen LogP contribution is 2.30. The molecule has 0 aliphatic rings. The van der Waals surface area contributed by atoms with Crippen LogP contribution in [0.4, 0.5) is 5.13 Å². The average molecular weight is 390 g/mol. The van der Waals surface area contributed by atoms with Crippen LogP contribution in [0.25, 0.3) is 0 Å². The predicted molar refractivity (Wildman–Crippen MR) is 102 cm³/mol. The molecule has 0 fully saturated rings. The van der Waals surface area contributed by atoms with Crippen LogP contribution in [0.1, 0.15) is 16.8 Å². The van der Waals surface area contributed by atoms with Crippen LogP contribution in [0, 0.1) is 13.8 Å². The molecule has 26 heavy (non-hydrogen) atoms. The topological polar surface area (TPSA) is 72.4 Å². The first-order chi connectivity index (χ1) is 12.4. The summed E-state index contributed by atoms with van der Waals surface area (Å²) in [5.41, 5.74) is 2.35. The number of hydrogen-bond donors (Lipinski definition) is 0. The molecule has 136 valence electrons. The molecule has 0 amide bonds. The van der Waals surface area contributed by atoms with Gasteiger partial charge in [-0.25, -0.2) is 17.7 Å². The fourth-order valence-electron chi connectivity index (χ4n) is 2.68. The summed E-state index contributed by atoms with van der Waals surface area (Å²) in [6, 6.07) is 8.33. The van der Waals surface area contributed by atoms with Crippen LogP contribution in [-0.2, 0) is 16.6 Å². The third-order valence-electron chi connectivity index (χ3n) is 4.01. The van der Waals surface area contributed by atoms with E-state index in [0.717, 1.165) is 11.1 Å². The predicted octanol–water partition coefficient (Wildman–Crippen LogP) is 3.56. The maximum absolute atomic E-state index is 13.2. The van der Waals surface area contributed by atoms with Gasteiger partial charge < -0.3 is 4.74 Å². The molecule has 0 aliphatic heterocycles. The summed E-state index contributed by atoms with van der Waals surface area (Å²) in [5, 5.41) is 2.15. The number of thiazole rings is 1. The van der Waals surface area contributed by atoms with Gasteiger partial charge in [0.2, 0.25) is 0 Å². The molecular weight excluding hydrogens is 370 g/mol. The van der Waals surface area contributed by atoms with Crippen LogP contribution in [0.5, 0.6) is 5.75 Å². The number of hydrogen-bond acceptors (Lipinski definition) is 6. The van der Waals surface area contributed by atoms with E-state index in [-0.39, 0.29) is 11.4 Å². The fourth-order valence-corrected chi connectivity index (χ4v) is 4.95. The molecular formula is C18H19N3O3S2. The number of methoxy groups -OCH3 is 1. The summed E-state index contributed by atoms with van der Waals surface area (Å²) in [5.74, 6) is 0.714. The molecule has 0 N–H and O–H groups in total. The Hall–Kier alpha value is -2.45. The Labute approximate surface area is 157 Å². The maximum atomic E-state index is 13.2. The van der Waals surface area contributed by atoms with E-state index in [1.54, 1.807) is 55.2 Å². The van der Waals surface area contributed by atoms with Gasteiger partial charge in [0.15, 0.2) is 5.13 Å². The van der Waals surface area contributed by atoms with E-state index in [9.17, 15) is 8.42 Å². The van der Waals surface area contributed by atoms with Crippen molar-refractivity contribution in [1.82, 2.24) is 9.97 Å². The standard InChI is InChI=1S/C18H19N3O3S2/c1-13-11-20-16(14(2)17(13)24-3)12-21(18-19-9-10-25-18)26(22,23)15-7-5-4-6-8-15/h4-11H,12H2,1-3H3. The number of sulfonamides is 1. The highest BCUT2D eigenvalue weighted by atomic mass is 32.2. The minimum atomic E-state index is -3.77. The minimum absolute atomic E-state index is 0.0766. The summed E-state index contributed by atoms with van der Waals surface area (Å²) in [6.07, 6.45) is 3.28. The zero-order valence-corrected chi connectivity index (χ0v) is 16.3. The number of ether oxygens (including phenoxy) is 1. The first-order valence-corrected chi connectivity index (χ1v) is 10.2. The molecule has 6 nitrogen and oxygen atoms in total. The smallest absolute Gasteiger partial charge is 0.266 e. The van der Waals surface area contributed by atoms with Gasteiger partial charge in [0.25, 0.3) is 10.0 Å². The van der Waals surface area contributed by atoms with E-state index >= 15 is 0 Å². The Morgan fingerprint density at radius 2 is 1.88 bits per heavy atom. The van der Waals surface area contributed by atoms with E-state index < -0.39 is 10.0 Å². The van der Waals surface area contributed by atoms with Crippen LogP contribution >= 0.6 is 11.3 Å². The summed E-state index contributed by atoms with van der Waals surface area (Å²) < 4.78 is 33.1. The van der Waals surface area contributed by atoms with Crippen molar-refractivity contribution < 1.29 is 13.2 Å². The molecule has 0 saturated heterocycles. The van der Waals surface area contributed by atoms with Gasteiger partial charge in [-0.05, 0) is 26.0 Å². The monoisotopic (exact) mass is 389 g/mol. The van der Waals surface area contributed by atoms with Crippen molar-refractivity contribution in [1.29, 1.82) is 0 Å². The summed E-state index contributed by atoms with van der Waals surface area (Å²) in [7, 11) is -2.17. The number of pyridine rings is 1. The Kier molecular flexibility index (Phi) is 5.24. The lowest BCUT2D eigenvalue weighted by Crippen LogP contribution is -2.31. The van der Waals surface area contributed by atoms with Gasteiger partial charge in [0.1, 0.15) is 5.75 Å². The van der Waals surface area contributed by atoms with Gasteiger partial charge in [-0.3, -0.25) is 4.98 Å². The molecule has 0 bridgehead atoms. The van der Waals surface area contributed by atoms with Crippen molar-refractivity contribution in [2.24, 2.45) is 0 Å². The van der Waals surface area contributed by atoms with Crippen LogP contribution in [0.15, 0.2) is 53.0 Å². The third kappa shape index (κ3) is 3.42. The second-order valence-corrected chi connectivity index (χ2v) is 8.42. The van der Waals surface area contributed by atoms with Gasteiger partial charge in [0, 0.05) is 28.9 Å². The molecule has 2 aromatic heterocycles. The molecule has 2 heterocycles. The zero-order valence-electron chi connectivity index (χ0n) is 14.7. The zero-order chi connectivity index (χ0) is 18.7. The van der Waals surface area contributed by atoms with E-state index in [1.807, 2.05) is 13.8 Å². The summed E-state index contributed by atoms with van der Waals surface area (Å²) in [4.78, 5) is 8.85. The maximum Gasteiger partial charge on any atom is 0.266 e. The first kappa shape index (κ1) is 18.3. The third-order valence-corrected chi connectivity index (χ3v) is 6.67. The SMILES string of the molecule is COc1c(C)cnc(CN(c2nccs2)S(=O)(=O)c2ccccc2)c1C. The molecule has 0 aliphatic carbocycles. The highest BCUT2D eigenvalue weighted by molar-refractivity contribution is 7.93. The van der Waals surface area contributed by atoms with Gasteiger partial charge in [0.05, 0.1) is 24.2 Å². The highest BCUT2D eigenvalue weighted by Gasteiger charge is 2.28. The number of rotatable bonds is 6. The van der Waals surface area contributed by atoms with Gasteiger partial charge >= 0.3 is 0 Å². The first-order valence-electron chi connectivity index (χ1n) is 7.91. The molecule has 3 rings (SSSR count). The number of aromatic nitrogens is 2. The summed E-state index contributed by atoms with van der Waals surface area (Å²) >= 11 is 1.27. The molecule has 1 aromatic carbocycles. The average Bonchev–Trinajstić information content (AvgIpc) is 3.16. The molecule has 8 heteroatoms. The molecule has 0 spiro atoms. The van der Waals surface area contributed by atoms with Gasteiger partial charge in [-0.1, -0.05) is 18.2 Å². The molecule has 0 unspecified atom stereocenters. The molecule has 0 atom stereocenters.